The molecule has 1 aromatic rings. The Morgan fingerprint density at radius 1 is 1.53 bits per heavy atom. The predicted octanol–water partition coefficient (Wildman–Crippen LogP) is 0.00510. The lowest BCUT2D eigenvalue weighted by atomic mass is 10.2. The second-order valence-electron chi connectivity index (χ2n) is 3.81. The Labute approximate surface area is 88.7 Å². The Bertz CT molecular complexity index is 333. The van der Waals surface area contributed by atoms with E-state index >= 15 is 0 Å². The Kier molecular flexibility index (Phi) is 3.79. The first kappa shape index (κ1) is 11.6. The molecule has 0 radical (unpaired) electrons. The highest BCUT2D eigenvalue weighted by atomic mass is 16.2. The molecule has 4 N–H and O–H groups in total. The molecule has 1 atom stereocenters. The molecule has 1 unspecified atom stereocenters. The van der Waals surface area contributed by atoms with E-state index in [1.165, 1.54) is 0 Å². The molecule has 1 aromatic heterocycles. The van der Waals surface area contributed by atoms with Gasteiger partial charge < -0.3 is 11.1 Å². The molecule has 0 aromatic carbocycles. The SMILES string of the molecule is CC(CN)NC(=O)c1n[nH]c(C(C)C)n1. The molecule has 84 valence electrons. The Morgan fingerprint density at radius 3 is 2.67 bits per heavy atom. The zero-order chi connectivity index (χ0) is 11.4. The smallest absolute Gasteiger partial charge is 0.291 e. The molecule has 6 heteroatoms. The van der Waals surface area contributed by atoms with E-state index in [1.807, 2.05) is 20.8 Å². The van der Waals surface area contributed by atoms with Crippen LogP contribution in [0.5, 0.6) is 0 Å². The average molecular weight is 211 g/mol. The van der Waals surface area contributed by atoms with E-state index in [0.29, 0.717) is 12.4 Å². The number of nitrogens with one attached hydrogen (secondary N) is 2. The van der Waals surface area contributed by atoms with Crippen LogP contribution in [0.4, 0.5) is 0 Å². The molecule has 0 saturated carbocycles. The van der Waals surface area contributed by atoms with Crippen molar-refractivity contribution in [3.63, 3.8) is 0 Å². The number of hydrogen-bond donors (Lipinski definition) is 3. The van der Waals surface area contributed by atoms with Gasteiger partial charge in [0.2, 0.25) is 5.82 Å². The molecule has 6 nitrogen and oxygen atoms in total. The van der Waals surface area contributed by atoms with Crippen LogP contribution in [-0.2, 0) is 0 Å². The third-order valence-electron chi connectivity index (χ3n) is 1.98. The van der Waals surface area contributed by atoms with Crippen LogP contribution in [0.2, 0.25) is 0 Å². The van der Waals surface area contributed by atoms with Crippen molar-refractivity contribution in [3.05, 3.63) is 11.6 Å². The minimum atomic E-state index is -0.295. The maximum absolute atomic E-state index is 11.5. The molecule has 0 aliphatic rings. The largest absolute Gasteiger partial charge is 0.346 e. The second-order valence-corrected chi connectivity index (χ2v) is 3.81. The van der Waals surface area contributed by atoms with Crippen LogP contribution in [-0.4, -0.2) is 33.7 Å². The summed E-state index contributed by atoms with van der Waals surface area (Å²) < 4.78 is 0. The second kappa shape index (κ2) is 4.88. The zero-order valence-electron chi connectivity index (χ0n) is 9.24. The van der Waals surface area contributed by atoms with E-state index in [1.54, 1.807) is 0 Å². The molecule has 0 fully saturated rings. The zero-order valence-corrected chi connectivity index (χ0v) is 9.24. The number of hydrogen-bond acceptors (Lipinski definition) is 4. The molecule has 1 amide bonds. The van der Waals surface area contributed by atoms with E-state index in [-0.39, 0.29) is 23.7 Å². The van der Waals surface area contributed by atoms with Crippen molar-refractivity contribution in [2.24, 2.45) is 5.73 Å². The van der Waals surface area contributed by atoms with Gasteiger partial charge in [-0.25, -0.2) is 4.98 Å². The minimum Gasteiger partial charge on any atom is -0.346 e. The number of nitrogens with zero attached hydrogens (tertiary/aromatic N) is 2. The van der Waals surface area contributed by atoms with Gasteiger partial charge in [-0.15, -0.1) is 5.10 Å². The van der Waals surface area contributed by atoms with Crippen LogP contribution >= 0.6 is 0 Å². The van der Waals surface area contributed by atoms with Crippen molar-refractivity contribution in [3.8, 4) is 0 Å². The summed E-state index contributed by atoms with van der Waals surface area (Å²) in [5.41, 5.74) is 5.39. The predicted molar refractivity (Wildman–Crippen MR) is 56.5 cm³/mol. The van der Waals surface area contributed by atoms with Gasteiger partial charge in [-0.2, -0.15) is 0 Å². The van der Waals surface area contributed by atoms with Crippen LogP contribution in [0.3, 0.4) is 0 Å². The summed E-state index contributed by atoms with van der Waals surface area (Å²) in [6.45, 7) is 6.18. The molecule has 0 spiro atoms. The lowest BCUT2D eigenvalue weighted by Gasteiger charge is -2.08. The maximum atomic E-state index is 11.5. The standard InChI is InChI=1S/C9H17N5O/c1-5(2)7-12-8(14-13-7)9(15)11-6(3)4-10/h5-6H,4,10H2,1-3H3,(H,11,15)(H,12,13,14). The van der Waals surface area contributed by atoms with Crippen molar-refractivity contribution in [1.29, 1.82) is 0 Å². The van der Waals surface area contributed by atoms with Gasteiger partial charge in [0.05, 0.1) is 0 Å². The summed E-state index contributed by atoms with van der Waals surface area (Å²) >= 11 is 0. The fourth-order valence-corrected chi connectivity index (χ4v) is 0.981. The molecule has 0 saturated heterocycles. The number of amides is 1. The highest BCUT2D eigenvalue weighted by Gasteiger charge is 2.15. The fraction of sp³-hybridized carbons (Fsp3) is 0.667. The Hall–Kier alpha value is -1.43. The summed E-state index contributed by atoms with van der Waals surface area (Å²) in [6, 6.07) is -0.0708. The molecule has 1 rings (SSSR count). The first-order chi connectivity index (χ1) is 7.04. The van der Waals surface area contributed by atoms with Crippen LogP contribution in [0.1, 0.15) is 43.1 Å². The van der Waals surface area contributed by atoms with Crippen molar-refractivity contribution in [1.82, 2.24) is 20.5 Å². The summed E-state index contributed by atoms with van der Waals surface area (Å²) in [6.07, 6.45) is 0. The lowest BCUT2D eigenvalue weighted by molar-refractivity contribution is 0.0931. The molecular formula is C9H17N5O. The number of aromatic nitrogens is 3. The number of H-pyrrole nitrogens is 1. The summed E-state index contributed by atoms with van der Waals surface area (Å²) in [7, 11) is 0. The third kappa shape index (κ3) is 3.02. The van der Waals surface area contributed by atoms with Crippen molar-refractivity contribution in [2.75, 3.05) is 6.54 Å². The van der Waals surface area contributed by atoms with Gasteiger partial charge in [0, 0.05) is 18.5 Å². The lowest BCUT2D eigenvalue weighted by Crippen LogP contribution is -2.38. The fourth-order valence-electron chi connectivity index (χ4n) is 0.981. The maximum Gasteiger partial charge on any atom is 0.291 e. The molecule has 0 bridgehead atoms. The van der Waals surface area contributed by atoms with Crippen molar-refractivity contribution >= 4 is 5.91 Å². The third-order valence-corrected chi connectivity index (χ3v) is 1.98. The molecule has 0 aliphatic heterocycles. The topological polar surface area (TPSA) is 96.7 Å². The van der Waals surface area contributed by atoms with Crippen LogP contribution in [0.25, 0.3) is 0 Å². The van der Waals surface area contributed by atoms with E-state index < -0.39 is 0 Å². The van der Waals surface area contributed by atoms with Gasteiger partial charge in [-0.3, -0.25) is 9.89 Å². The highest BCUT2D eigenvalue weighted by molar-refractivity contribution is 5.90. The Morgan fingerprint density at radius 2 is 2.20 bits per heavy atom. The minimum absolute atomic E-state index is 0.0708. The summed E-state index contributed by atoms with van der Waals surface area (Å²) in [4.78, 5) is 15.6. The van der Waals surface area contributed by atoms with Crippen molar-refractivity contribution < 1.29 is 4.79 Å². The Balaban J connectivity index is 2.66. The normalized spacial score (nSPS) is 12.9. The summed E-state index contributed by atoms with van der Waals surface area (Å²) in [5.74, 6) is 0.807. The molecule has 0 aliphatic carbocycles. The van der Waals surface area contributed by atoms with Crippen LogP contribution < -0.4 is 11.1 Å². The number of carbonyl (C=O) groups is 1. The number of rotatable bonds is 4. The monoisotopic (exact) mass is 211 g/mol. The number of nitrogens with two attached hydrogens (primary N) is 1. The van der Waals surface area contributed by atoms with Crippen LogP contribution in [0.15, 0.2) is 0 Å². The van der Waals surface area contributed by atoms with Gasteiger partial charge in [-0.05, 0) is 6.92 Å². The van der Waals surface area contributed by atoms with Crippen molar-refractivity contribution in [2.45, 2.75) is 32.7 Å². The van der Waals surface area contributed by atoms with E-state index in [2.05, 4.69) is 20.5 Å². The van der Waals surface area contributed by atoms with Gasteiger partial charge >= 0.3 is 0 Å². The first-order valence-electron chi connectivity index (χ1n) is 4.97. The van der Waals surface area contributed by atoms with Gasteiger partial charge in [-0.1, -0.05) is 13.8 Å². The van der Waals surface area contributed by atoms with Gasteiger partial charge in [0.15, 0.2) is 0 Å². The first-order valence-corrected chi connectivity index (χ1v) is 4.97. The molecule has 1 heterocycles. The van der Waals surface area contributed by atoms with Gasteiger partial charge in [0.25, 0.3) is 5.91 Å². The highest BCUT2D eigenvalue weighted by Crippen LogP contribution is 2.07. The van der Waals surface area contributed by atoms with Gasteiger partial charge in [0.1, 0.15) is 5.82 Å². The quantitative estimate of drug-likeness (QED) is 0.653. The molecule has 15 heavy (non-hydrogen) atoms. The van der Waals surface area contributed by atoms with E-state index in [0.717, 1.165) is 0 Å². The number of carbonyl (C=O) groups excluding carboxylic acids is 1. The average Bonchev–Trinajstić information content (AvgIpc) is 2.66. The van der Waals surface area contributed by atoms with E-state index in [4.69, 9.17) is 5.73 Å². The van der Waals surface area contributed by atoms with E-state index in [9.17, 15) is 4.79 Å². The summed E-state index contributed by atoms with van der Waals surface area (Å²) in [5, 5.41) is 9.25. The number of aromatic amines is 1. The van der Waals surface area contributed by atoms with Crippen LogP contribution in [0, 0.1) is 0 Å². The molecular weight excluding hydrogens is 194 g/mol.